The number of benzene rings is 2. The molecule has 0 aliphatic carbocycles. The fourth-order valence-corrected chi connectivity index (χ4v) is 1.91. The van der Waals surface area contributed by atoms with Crippen LogP contribution in [-0.4, -0.2) is 0 Å². The molecule has 2 heteroatoms. The van der Waals surface area contributed by atoms with Crippen molar-refractivity contribution in [1.82, 2.24) is 0 Å². The predicted octanol–water partition coefficient (Wildman–Crippen LogP) is 4.57. The van der Waals surface area contributed by atoms with Crippen molar-refractivity contribution in [2.75, 3.05) is 5.32 Å². The van der Waals surface area contributed by atoms with Crippen LogP contribution in [0.5, 0.6) is 0 Å². The first-order valence-corrected chi connectivity index (χ1v) is 6.08. The first-order chi connectivity index (χ1) is 8.15. The zero-order chi connectivity index (χ0) is 12.3. The molecule has 0 aromatic heterocycles. The van der Waals surface area contributed by atoms with E-state index >= 15 is 0 Å². The topological polar surface area (TPSA) is 12.0 Å². The monoisotopic (exact) mass is 245 g/mol. The Balaban J connectivity index is 2.05. The van der Waals surface area contributed by atoms with Crippen molar-refractivity contribution < 1.29 is 0 Å². The highest BCUT2D eigenvalue weighted by Crippen LogP contribution is 2.20. The van der Waals surface area contributed by atoms with Crippen LogP contribution in [-0.2, 0) is 6.54 Å². The zero-order valence-corrected chi connectivity index (χ0v) is 10.9. The third kappa shape index (κ3) is 3.24. The van der Waals surface area contributed by atoms with E-state index in [1.165, 1.54) is 11.1 Å². The Morgan fingerprint density at radius 1 is 1.06 bits per heavy atom. The van der Waals surface area contributed by atoms with Gasteiger partial charge < -0.3 is 5.32 Å². The molecule has 0 heterocycles. The predicted molar refractivity (Wildman–Crippen MR) is 74.7 cm³/mol. The summed E-state index contributed by atoms with van der Waals surface area (Å²) in [7, 11) is 0. The second kappa shape index (κ2) is 5.24. The highest BCUT2D eigenvalue weighted by molar-refractivity contribution is 6.31. The lowest BCUT2D eigenvalue weighted by molar-refractivity contribution is 1.14. The number of anilines is 1. The van der Waals surface area contributed by atoms with Crippen LogP contribution in [0.2, 0.25) is 5.02 Å². The fourth-order valence-electron chi connectivity index (χ4n) is 1.73. The van der Waals surface area contributed by atoms with Crippen molar-refractivity contribution >= 4 is 17.3 Å². The summed E-state index contributed by atoms with van der Waals surface area (Å²) in [5.74, 6) is 0. The second-order valence-corrected chi connectivity index (χ2v) is 4.71. The van der Waals surface area contributed by atoms with Crippen molar-refractivity contribution in [2.45, 2.75) is 20.4 Å². The Bertz CT molecular complexity index is 520. The van der Waals surface area contributed by atoms with Crippen LogP contribution >= 0.6 is 11.6 Å². The van der Waals surface area contributed by atoms with E-state index in [1.54, 1.807) is 0 Å². The van der Waals surface area contributed by atoms with Gasteiger partial charge in [-0.1, -0.05) is 47.5 Å². The summed E-state index contributed by atoms with van der Waals surface area (Å²) in [4.78, 5) is 0. The average Bonchev–Trinajstić information content (AvgIpc) is 2.31. The van der Waals surface area contributed by atoms with Crippen molar-refractivity contribution in [3.8, 4) is 0 Å². The number of nitrogens with one attached hydrogen (secondary N) is 1. The van der Waals surface area contributed by atoms with Crippen LogP contribution in [0.1, 0.15) is 16.7 Å². The lowest BCUT2D eigenvalue weighted by Crippen LogP contribution is -1.99. The third-order valence-electron chi connectivity index (χ3n) is 2.75. The summed E-state index contributed by atoms with van der Waals surface area (Å²) >= 11 is 6.08. The van der Waals surface area contributed by atoms with Gasteiger partial charge in [-0.25, -0.2) is 0 Å². The van der Waals surface area contributed by atoms with Crippen LogP contribution in [0, 0.1) is 13.8 Å². The van der Waals surface area contributed by atoms with E-state index in [0.717, 1.165) is 22.8 Å². The number of aryl methyl sites for hydroxylation is 2. The molecule has 0 unspecified atom stereocenters. The molecule has 0 spiro atoms. The molecule has 88 valence electrons. The maximum Gasteiger partial charge on any atom is 0.0455 e. The number of hydrogen-bond acceptors (Lipinski definition) is 1. The molecule has 0 aliphatic heterocycles. The zero-order valence-electron chi connectivity index (χ0n) is 10.1. The fraction of sp³-hybridized carbons (Fsp3) is 0.200. The lowest BCUT2D eigenvalue weighted by Gasteiger charge is -2.08. The number of hydrogen-bond donors (Lipinski definition) is 1. The van der Waals surface area contributed by atoms with Gasteiger partial charge in [0.2, 0.25) is 0 Å². The Morgan fingerprint density at radius 3 is 2.59 bits per heavy atom. The Labute approximate surface area is 107 Å². The molecule has 0 amide bonds. The maximum absolute atomic E-state index is 6.08. The Morgan fingerprint density at radius 2 is 1.88 bits per heavy atom. The minimum Gasteiger partial charge on any atom is -0.381 e. The van der Waals surface area contributed by atoms with Crippen molar-refractivity contribution in [3.05, 3.63) is 64.2 Å². The minimum atomic E-state index is 0.805. The van der Waals surface area contributed by atoms with Gasteiger partial charge >= 0.3 is 0 Å². The molecule has 1 N–H and O–H groups in total. The van der Waals surface area contributed by atoms with E-state index in [-0.39, 0.29) is 0 Å². The molecular weight excluding hydrogens is 230 g/mol. The first-order valence-electron chi connectivity index (χ1n) is 5.71. The molecule has 0 saturated heterocycles. The normalized spacial score (nSPS) is 10.3. The highest BCUT2D eigenvalue weighted by atomic mass is 35.5. The van der Waals surface area contributed by atoms with Crippen LogP contribution in [0.25, 0.3) is 0 Å². The smallest absolute Gasteiger partial charge is 0.0455 e. The molecule has 0 fully saturated rings. The van der Waals surface area contributed by atoms with Crippen LogP contribution in [0.4, 0.5) is 5.69 Å². The van der Waals surface area contributed by atoms with E-state index in [4.69, 9.17) is 11.6 Å². The van der Waals surface area contributed by atoms with Gasteiger partial charge in [0.1, 0.15) is 0 Å². The summed E-state index contributed by atoms with van der Waals surface area (Å²) in [6.45, 7) is 4.93. The van der Waals surface area contributed by atoms with Crippen LogP contribution in [0.15, 0.2) is 42.5 Å². The van der Waals surface area contributed by atoms with Crippen molar-refractivity contribution in [1.29, 1.82) is 0 Å². The summed E-state index contributed by atoms with van der Waals surface area (Å²) in [5, 5.41) is 4.18. The SMILES string of the molecule is Cc1cccc(CNc2ccc(C)c(Cl)c2)c1. The number of halogens is 1. The van der Waals surface area contributed by atoms with E-state index in [2.05, 4.69) is 42.6 Å². The summed E-state index contributed by atoms with van der Waals surface area (Å²) in [6.07, 6.45) is 0. The van der Waals surface area contributed by atoms with E-state index < -0.39 is 0 Å². The maximum atomic E-state index is 6.08. The average molecular weight is 246 g/mol. The van der Waals surface area contributed by atoms with Gasteiger partial charge in [0.25, 0.3) is 0 Å². The summed E-state index contributed by atoms with van der Waals surface area (Å²) in [5.41, 5.74) is 4.72. The standard InChI is InChI=1S/C15H16ClN/c1-11-4-3-5-13(8-11)10-17-14-7-6-12(2)15(16)9-14/h3-9,17H,10H2,1-2H3. The number of rotatable bonds is 3. The summed E-state index contributed by atoms with van der Waals surface area (Å²) in [6, 6.07) is 14.5. The van der Waals surface area contributed by atoms with Gasteiger partial charge in [0, 0.05) is 17.3 Å². The van der Waals surface area contributed by atoms with E-state index in [0.29, 0.717) is 0 Å². The quantitative estimate of drug-likeness (QED) is 0.835. The van der Waals surface area contributed by atoms with Gasteiger partial charge in [0.05, 0.1) is 0 Å². The van der Waals surface area contributed by atoms with E-state index in [9.17, 15) is 0 Å². The molecule has 2 aromatic rings. The molecule has 0 radical (unpaired) electrons. The molecule has 2 rings (SSSR count). The molecule has 0 atom stereocenters. The van der Waals surface area contributed by atoms with Crippen molar-refractivity contribution in [3.63, 3.8) is 0 Å². The molecule has 17 heavy (non-hydrogen) atoms. The second-order valence-electron chi connectivity index (χ2n) is 4.31. The Kier molecular flexibility index (Phi) is 3.70. The minimum absolute atomic E-state index is 0.805. The largest absolute Gasteiger partial charge is 0.381 e. The molecule has 2 aromatic carbocycles. The first kappa shape index (κ1) is 12.0. The van der Waals surface area contributed by atoms with Gasteiger partial charge in [-0.3, -0.25) is 0 Å². The van der Waals surface area contributed by atoms with Crippen LogP contribution in [0.3, 0.4) is 0 Å². The van der Waals surface area contributed by atoms with Gasteiger partial charge in [-0.05, 0) is 37.1 Å². The van der Waals surface area contributed by atoms with Gasteiger partial charge in [0.15, 0.2) is 0 Å². The van der Waals surface area contributed by atoms with Gasteiger partial charge in [-0.2, -0.15) is 0 Å². The van der Waals surface area contributed by atoms with Crippen molar-refractivity contribution in [2.24, 2.45) is 0 Å². The third-order valence-corrected chi connectivity index (χ3v) is 3.16. The molecule has 0 bridgehead atoms. The Hall–Kier alpha value is -1.47. The lowest BCUT2D eigenvalue weighted by atomic mass is 10.1. The molecule has 0 aliphatic rings. The van der Waals surface area contributed by atoms with Gasteiger partial charge in [-0.15, -0.1) is 0 Å². The van der Waals surface area contributed by atoms with E-state index in [1.807, 2.05) is 19.1 Å². The van der Waals surface area contributed by atoms with Crippen LogP contribution < -0.4 is 5.32 Å². The molecule has 1 nitrogen and oxygen atoms in total. The highest BCUT2D eigenvalue weighted by Gasteiger charge is 1.98. The molecule has 0 saturated carbocycles. The molecular formula is C15H16ClN. The summed E-state index contributed by atoms with van der Waals surface area (Å²) < 4.78 is 0.